The van der Waals surface area contributed by atoms with Crippen molar-refractivity contribution in [3.05, 3.63) is 59.7 Å². The average molecular weight is 412 g/mol. The molecule has 1 amide bonds. The van der Waals surface area contributed by atoms with Crippen LogP contribution in [0.1, 0.15) is 44.2 Å². The van der Waals surface area contributed by atoms with Gasteiger partial charge in [0.05, 0.1) is 7.11 Å². The van der Waals surface area contributed by atoms with E-state index in [0.29, 0.717) is 5.92 Å². The number of quaternary nitrogens is 2. The van der Waals surface area contributed by atoms with Gasteiger partial charge in [-0.15, -0.1) is 0 Å². The Morgan fingerprint density at radius 1 is 1.03 bits per heavy atom. The number of hydrogen-bond acceptors (Lipinski definition) is 2. The van der Waals surface area contributed by atoms with Crippen molar-refractivity contribution >= 4 is 11.6 Å². The number of carbonyl (C=O) groups excluding carboxylic acids is 1. The van der Waals surface area contributed by atoms with Crippen molar-refractivity contribution in [3.8, 4) is 5.75 Å². The van der Waals surface area contributed by atoms with Crippen LogP contribution in [0.25, 0.3) is 0 Å². The average Bonchev–Trinajstić information content (AvgIpc) is 2.79. The van der Waals surface area contributed by atoms with E-state index in [1.807, 2.05) is 24.3 Å². The van der Waals surface area contributed by atoms with Crippen molar-refractivity contribution in [3.63, 3.8) is 0 Å². The predicted octanol–water partition coefficient (Wildman–Crippen LogP) is 1.52. The zero-order chi connectivity index (χ0) is 21.5. The van der Waals surface area contributed by atoms with Gasteiger partial charge in [0.15, 0.2) is 6.04 Å². The lowest BCUT2D eigenvalue weighted by atomic mass is 9.97. The molecule has 0 radical (unpaired) electrons. The number of piperazine rings is 1. The van der Waals surface area contributed by atoms with E-state index in [1.165, 1.54) is 16.0 Å². The Kier molecular flexibility index (Phi) is 7.88. The van der Waals surface area contributed by atoms with Gasteiger partial charge in [0.1, 0.15) is 38.5 Å². The van der Waals surface area contributed by atoms with Gasteiger partial charge < -0.3 is 19.9 Å². The summed E-state index contributed by atoms with van der Waals surface area (Å²) >= 11 is 0. The molecule has 2 aromatic rings. The summed E-state index contributed by atoms with van der Waals surface area (Å²) in [5.41, 5.74) is 3.53. The minimum absolute atomic E-state index is 0.0440. The molecular formula is C25H37N3O2+2. The van der Waals surface area contributed by atoms with Crippen LogP contribution < -0.4 is 19.9 Å². The zero-order valence-electron chi connectivity index (χ0n) is 18.8. The maximum Gasteiger partial charge on any atom is 0.282 e. The highest BCUT2D eigenvalue weighted by Gasteiger charge is 2.31. The summed E-state index contributed by atoms with van der Waals surface area (Å²) in [7, 11) is 1.70. The Labute approximate surface area is 181 Å². The van der Waals surface area contributed by atoms with Crippen LogP contribution in [0.15, 0.2) is 48.5 Å². The molecule has 0 bridgehead atoms. The molecule has 0 saturated carbocycles. The normalized spacial score (nSPS) is 20.9. The minimum Gasteiger partial charge on any atom is -0.497 e. The molecule has 0 aliphatic carbocycles. The maximum absolute atomic E-state index is 13.0. The van der Waals surface area contributed by atoms with Crippen LogP contribution in [0.4, 0.5) is 5.69 Å². The first-order valence-corrected chi connectivity index (χ1v) is 11.2. The summed E-state index contributed by atoms with van der Waals surface area (Å²) in [4.78, 5) is 15.9. The molecule has 0 aromatic heterocycles. The third kappa shape index (κ3) is 5.61. The fraction of sp³-hybridized carbons (Fsp3) is 0.480. The largest absolute Gasteiger partial charge is 0.497 e. The molecular weight excluding hydrogens is 374 g/mol. The Hall–Kier alpha value is -2.37. The number of amides is 1. The van der Waals surface area contributed by atoms with Gasteiger partial charge in [0, 0.05) is 11.3 Å². The first kappa shape index (κ1) is 22.3. The lowest BCUT2D eigenvalue weighted by Gasteiger charge is -2.32. The van der Waals surface area contributed by atoms with Crippen molar-refractivity contribution in [2.24, 2.45) is 0 Å². The summed E-state index contributed by atoms with van der Waals surface area (Å²) in [6.45, 7) is 11.7. The number of carbonyl (C=O) groups is 1. The zero-order valence-corrected chi connectivity index (χ0v) is 18.8. The van der Waals surface area contributed by atoms with Crippen LogP contribution >= 0.6 is 0 Å². The molecule has 3 rings (SSSR count). The topological polar surface area (TPSA) is 47.2 Å². The highest BCUT2D eigenvalue weighted by Crippen LogP contribution is 2.26. The van der Waals surface area contributed by atoms with Gasteiger partial charge in [-0.2, -0.15) is 0 Å². The van der Waals surface area contributed by atoms with Gasteiger partial charge in [-0.05, 0) is 55.2 Å². The van der Waals surface area contributed by atoms with E-state index in [1.54, 1.807) is 12.0 Å². The Bertz CT molecular complexity index is 813. The van der Waals surface area contributed by atoms with Gasteiger partial charge in [-0.3, -0.25) is 4.79 Å². The van der Waals surface area contributed by atoms with Crippen molar-refractivity contribution in [2.75, 3.05) is 38.6 Å². The Balaban J connectivity index is 1.52. The van der Waals surface area contributed by atoms with Crippen LogP contribution in [-0.4, -0.2) is 45.2 Å². The van der Waals surface area contributed by atoms with Crippen LogP contribution in [0, 0.1) is 0 Å². The molecule has 1 saturated heterocycles. The van der Waals surface area contributed by atoms with Crippen molar-refractivity contribution in [2.45, 2.75) is 45.7 Å². The van der Waals surface area contributed by atoms with E-state index < -0.39 is 0 Å². The van der Waals surface area contributed by atoms with Crippen molar-refractivity contribution in [1.29, 1.82) is 0 Å². The molecule has 2 aromatic carbocycles. The summed E-state index contributed by atoms with van der Waals surface area (Å²) < 4.78 is 5.24. The lowest BCUT2D eigenvalue weighted by Crippen LogP contribution is -3.29. The minimum atomic E-state index is -0.0440. The molecule has 3 N–H and O–H groups in total. The van der Waals surface area contributed by atoms with E-state index in [2.05, 4.69) is 50.4 Å². The molecule has 1 aliphatic heterocycles. The third-order valence-electron chi connectivity index (χ3n) is 6.58. The molecule has 1 fully saturated rings. The number of benzene rings is 2. The van der Waals surface area contributed by atoms with Gasteiger partial charge in [-0.1, -0.05) is 32.0 Å². The molecule has 162 valence electrons. The second kappa shape index (κ2) is 10.6. The second-order valence-corrected chi connectivity index (χ2v) is 8.54. The number of anilines is 1. The Morgan fingerprint density at radius 2 is 1.70 bits per heavy atom. The summed E-state index contributed by atoms with van der Waals surface area (Å²) in [6, 6.07) is 16.5. The number of nitrogens with one attached hydrogen (secondary N) is 3. The van der Waals surface area contributed by atoms with E-state index in [-0.39, 0.29) is 11.9 Å². The fourth-order valence-corrected chi connectivity index (χ4v) is 4.25. The maximum atomic E-state index is 13.0. The number of hydrogen-bond donors (Lipinski definition) is 3. The standard InChI is InChI=1S/C25H35N3O2/c1-5-19(2)23-8-6-7-9-24(23)26-25(29)20(3)28-16-14-27(15-17-28)18-21-10-12-22(30-4)13-11-21/h6-13,19-20H,5,14-18H2,1-4H3,(H,26,29)/p+2/t19-,20+/m0/s1. The van der Waals surface area contributed by atoms with Gasteiger partial charge in [0.25, 0.3) is 5.91 Å². The van der Waals surface area contributed by atoms with Crippen LogP contribution in [0.5, 0.6) is 5.75 Å². The van der Waals surface area contributed by atoms with Gasteiger partial charge in [0.2, 0.25) is 0 Å². The highest BCUT2D eigenvalue weighted by molar-refractivity contribution is 5.94. The van der Waals surface area contributed by atoms with Gasteiger partial charge >= 0.3 is 0 Å². The van der Waals surface area contributed by atoms with Crippen molar-refractivity contribution in [1.82, 2.24) is 0 Å². The van der Waals surface area contributed by atoms with Crippen LogP contribution in [0.2, 0.25) is 0 Å². The number of methoxy groups -OCH3 is 1. The number of para-hydroxylation sites is 1. The number of ether oxygens (including phenoxy) is 1. The quantitative estimate of drug-likeness (QED) is 0.617. The smallest absolute Gasteiger partial charge is 0.282 e. The fourth-order valence-electron chi connectivity index (χ4n) is 4.25. The van der Waals surface area contributed by atoms with E-state index in [4.69, 9.17) is 4.74 Å². The molecule has 5 nitrogen and oxygen atoms in total. The highest BCUT2D eigenvalue weighted by atomic mass is 16.5. The molecule has 1 heterocycles. The Morgan fingerprint density at radius 3 is 2.33 bits per heavy atom. The van der Waals surface area contributed by atoms with Crippen LogP contribution in [0.3, 0.4) is 0 Å². The molecule has 0 spiro atoms. The molecule has 5 heteroatoms. The summed E-state index contributed by atoms with van der Waals surface area (Å²) in [6.07, 6.45) is 1.06. The van der Waals surface area contributed by atoms with Gasteiger partial charge in [-0.25, -0.2) is 0 Å². The monoisotopic (exact) mass is 411 g/mol. The molecule has 30 heavy (non-hydrogen) atoms. The number of rotatable bonds is 8. The second-order valence-electron chi connectivity index (χ2n) is 8.54. The van der Waals surface area contributed by atoms with Crippen LogP contribution in [-0.2, 0) is 11.3 Å². The van der Waals surface area contributed by atoms with Crippen molar-refractivity contribution < 1.29 is 19.3 Å². The van der Waals surface area contributed by atoms with E-state index in [0.717, 1.165) is 50.6 Å². The lowest BCUT2D eigenvalue weighted by molar-refractivity contribution is -1.02. The first-order valence-electron chi connectivity index (χ1n) is 11.2. The predicted molar refractivity (Wildman–Crippen MR) is 121 cm³/mol. The first-order chi connectivity index (χ1) is 14.5. The SMILES string of the molecule is CC[C@H](C)c1ccccc1NC(=O)[C@@H](C)[NH+]1CC[NH+](Cc2ccc(OC)cc2)CC1. The van der Waals surface area contributed by atoms with E-state index in [9.17, 15) is 4.79 Å². The molecule has 1 aliphatic rings. The van der Waals surface area contributed by atoms with E-state index >= 15 is 0 Å². The summed E-state index contributed by atoms with van der Waals surface area (Å²) in [5, 5.41) is 3.21. The molecule has 0 unspecified atom stereocenters. The molecule has 2 atom stereocenters. The summed E-state index contributed by atoms with van der Waals surface area (Å²) in [5.74, 6) is 1.46. The third-order valence-corrected chi connectivity index (χ3v) is 6.58.